The highest BCUT2D eigenvalue weighted by Gasteiger charge is 2.28. The van der Waals surface area contributed by atoms with Crippen LogP contribution in [0, 0.1) is 0 Å². The molecule has 166 valence electrons. The molecule has 1 aliphatic rings. The van der Waals surface area contributed by atoms with Crippen LogP contribution in [0.15, 0.2) is 53.5 Å². The summed E-state index contributed by atoms with van der Waals surface area (Å²) in [7, 11) is 4.75. The molecule has 0 bridgehead atoms. The van der Waals surface area contributed by atoms with Gasteiger partial charge in [0.1, 0.15) is 23.6 Å². The number of carbonyl (C=O) groups excluding carboxylic acids is 3. The summed E-state index contributed by atoms with van der Waals surface area (Å²) in [5.41, 5.74) is 13.8. The van der Waals surface area contributed by atoms with Gasteiger partial charge in [0.15, 0.2) is 0 Å². The van der Waals surface area contributed by atoms with E-state index in [0.29, 0.717) is 48.3 Å². The number of ether oxygens (including phenoxy) is 1. The highest BCUT2D eigenvalue weighted by atomic mass is 16.5. The molecule has 0 saturated carbocycles. The van der Waals surface area contributed by atoms with Gasteiger partial charge in [-0.15, -0.1) is 0 Å². The molecule has 1 heterocycles. The Balaban J connectivity index is 2.10. The fourth-order valence-corrected chi connectivity index (χ4v) is 3.22. The van der Waals surface area contributed by atoms with Crippen LogP contribution in [0.5, 0.6) is 5.75 Å². The van der Waals surface area contributed by atoms with Gasteiger partial charge in [0.25, 0.3) is 5.91 Å². The van der Waals surface area contributed by atoms with Gasteiger partial charge in [-0.1, -0.05) is 12.1 Å². The summed E-state index contributed by atoms with van der Waals surface area (Å²) in [6.45, 7) is 0.385. The van der Waals surface area contributed by atoms with Gasteiger partial charge in [0, 0.05) is 37.5 Å². The quantitative estimate of drug-likeness (QED) is 0.408. The fourth-order valence-electron chi connectivity index (χ4n) is 3.22. The molecule has 0 aliphatic carbocycles. The molecule has 0 aromatic heterocycles. The number of likely N-dealkylation sites (N-methyl/N-ethyl adjacent to an activating group) is 1. The normalized spacial score (nSPS) is 14.9. The molecular formula is C22H29N5O4. The Morgan fingerprint density at radius 2 is 1.94 bits per heavy atom. The van der Waals surface area contributed by atoms with Crippen molar-refractivity contribution in [3.63, 3.8) is 0 Å². The average Bonchev–Trinajstić information content (AvgIpc) is 2.76. The summed E-state index contributed by atoms with van der Waals surface area (Å²) >= 11 is 0. The molecule has 2 amide bonds. The van der Waals surface area contributed by atoms with E-state index in [-0.39, 0.29) is 24.0 Å². The summed E-state index contributed by atoms with van der Waals surface area (Å²) in [6.07, 6.45) is 4.91. The number of para-hydroxylation sites is 1. The van der Waals surface area contributed by atoms with Crippen LogP contribution >= 0.6 is 0 Å². The zero-order chi connectivity index (χ0) is 23.0. The second-order valence-corrected chi connectivity index (χ2v) is 7.21. The number of allylic oxidation sites excluding steroid dienone is 3. The Bertz CT molecular complexity index is 934. The number of hydrogen-bond donors (Lipinski definition) is 3. The highest BCUT2D eigenvalue weighted by molar-refractivity contribution is 5.99. The third-order valence-corrected chi connectivity index (χ3v) is 4.72. The van der Waals surface area contributed by atoms with Gasteiger partial charge in [-0.05, 0) is 37.1 Å². The third-order valence-electron chi connectivity index (χ3n) is 4.72. The zero-order valence-electron chi connectivity index (χ0n) is 18.1. The number of rotatable bonds is 8. The molecule has 0 saturated heterocycles. The van der Waals surface area contributed by atoms with E-state index in [1.807, 2.05) is 18.2 Å². The van der Waals surface area contributed by atoms with E-state index >= 15 is 0 Å². The largest absolute Gasteiger partial charge is 0.496 e. The number of nitrogens with one attached hydrogen (secondary N) is 1. The van der Waals surface area contributed by atoms with Gasteiger partial charge in [-0.3, -0.25) is 14.4 Å². The highest BCUT2D eigenvalue weighted by Crippen LogP contribution is 2.23. The number of hydrogen-bond acceptors (Lipinski definition) is 7. The van der Waals surface area contributed by atoms with Crippen molar-refractivity contribution in [1.29, 1.82) is 0 Å². The van der Waals surface area contributed by atoms with Crippen LogP contribution in [0.3, 0.4) is 0 Å². The first-order valence-electron chi connectivity index (χ1n) is 9.79. The molecule has 0 spiro atoms. The number of carbonyl (C=O) groups is 3. The molecule has 5 N–H and O–H groups in total. The van der Waals surface area contributed by atoms with E-state index in [9.17, 15) is 14.4 Å². The van der Waals surface area contributed by atoms with Gasteiger partial charge in [0.05, 0.1) is 13.7 Å². The number of nitrogens with two attached hydrogens (primary N) is 2. The van der Waals surface area contributed by atoms with E-state index in [1.54, 1.807) is 38.2 Å². The third kappa shape index (κ3) is 6.11. The van der Waals surface area contributed by atoms with Crippen LogP contribution in [0.1, 0.15) is 18.4 Å². The number of aldehydes is 1. The second-order valence-electron chi connectivity index (χ2n) is 7.21. The van der Waals surface area contributed by atoms with Gasteiger partial charge in [-0.2, -0.15) is 0 Å². The summed E-state index contributed by atoms with van der Waals surface area (Å²) < 4.78 is 5.28. The van der Waals surface area contributed by atoms with Crippen molar-refractivity contribution < 1.29 is 19.1 Å². The van der Waals surface area contributed by atoms with Gasteiger partial charge >= 0.3 is 0 Å². The molecule has 31 heavy (non-hydrogen) atoms. The first-order valence-corrected chi connectivity index (χ1v) is 9.79. The topological polar surface area (TPSA) is 131 Å². The molecular weight excluding hydrogens is 398 g/mol. The van der Waals surface area contributed by atoms with Crippen LogP contribution in [0.25, 0.3) is 5.70 Å². The van der Waals surface area contributed by atoms with Gasteiger partial charge in [0.2, 0.25) is 5.91 Å². The first kappa shape index (κ1) is 23.5. The minimum Gasteiger partial charge on any atom is -0.496 e. The number of amides is 2. The lowest BCUT2D eigenvalue weighted by Gasteiger charge is -2.32. The van der Waals surface area contributed by atoms with Crippen LogP contribution in [0.2, 0.25) is 0 Å². The Kier molecular flexibility index (Phi) is 8.25. The van der Waals surface area contributed by atoms with Crippen molar-refractivity contribution in [2.24, 2.45) is 11.5 Å². The van der Waals surface area contributed by atoms with E-state index < -0.39 is 5.91 Å². The predicted octanol–water partition coefficient (Wildman–Crippen LogP) is 0.548. The molecule has 0 atom stereocenters. The predicted molar refractivity (Wildman–Crippen MR) is 118 cm³/mol. The van der Waals surface area contributed by atoms with Crippen molar-refractivity contribution in [2.45, 2.75) is 12.8 Å². The monoisotopic (exact) mass is 427 g/mol. The number of methoxy groups -OCH3 is 1. The SMILES string of the molecule is COc1ccccc1/C(N)=C/C=C(\N)NC(=O)CN1CCCC(C=O)=C1C(=O)N(C)C. The molecule has 2 rings (SSSR count). The minimum atomic E-state index is -0.408. The molecule has 0 fully saturated rings. The lowest BCUT2D eigenvalue weighted by Crippen LogP contribution is -2.44. The zero-order valence-corrected chi connectivity index (χ0v) is 18.1. The fraction of sp³-hybridized carbons (Fsp3) is 0.318. The maximum Gasteiger partial charge on any atom is 0.270 e. The second kappa shape index (κ2) is 10.9. The van der Waals surface area contributed by atoms with Crippen LogP contribution in [-0.4, -0.2) is 62.2 Å². The van der Waals surface area contributed by atoms with E-state index in [4.69, 9.17) is 16.2 Å². The molecule has 0 unspecified atom stereocenters. The van der Waals surface area contributed by atoms with Crippen LogP contribution in [0.4, 0.5) is 0 Å². The van der Waals surface area contributed by atoms with Crippen LogP contribution in [-0.2, 0) is 14.4 Å². The maximum atomic E-state index is 12.5. The molecule has 1 aliphatic heterocycles. The number of nitrogens with zero attached hydrogens (tertiary/aromatic N) is 2. The van der Waals surface area contributed by atoms with E-state index in [0.717, 1.165) is 0 Å². The molecule has 1 aromatic rings. The molecule has 9 nitrogen and oxygen atoms in total. The molecule has 1 aromatic carbocycles. The average molecular weight is 428 g/mol. The summed E-state index contributed by atoms with van der Waals surface area (Å²) in [5, 5.41) is 2.58. The summed E-state index contributed by atoms with van der Waals surface area (Å²) in [6, 6.07) is 7.27. The Hall–Kier alpha value is -3.75. The Labute approximate surface area is 182 Å². The summed E-state index contributed by atoms with van der Waals surface area (Å²) in [4.78, 5) is 39.4. The number of benzene rings is 1. The van der Waals surface area contributed by atoms with Crippen molar-refractivity contribution in [3.8, 4) is 5.75 Å². The molecule has 9 heteroatoms. The maximum absolute atomic E-state index is 12.5. The van der Waals surface area contributed by atoms with Gasteiger partial charge in [-0.25, -0.2) is 0 Å². The van der Waals surface area contributed by atoms with Crippen molar-refractivity contribution >= 4 is 23.8 Å². The van der Waals surface area contributed by atoms with Crippen molar-refractivity contribution in [2.75, 3.05) is 34.3 Å². The minimum absolute atomic E-state index is 0.0972. The lowest BCUT2D eigenvalue weighted by molar-refractivity contribution is -0.127. The molecule has 0 radical (unpaired) electrons. The van der Waals surface area contributed by atoms with E-state index in [2.05, 4.69) is 5.32 Å². The Morgan fingerprint density at radius 1 is 1.23 bits per heavy atom. The standard InChI is InChI=1S/C22H29N5O4/c1-26(2)22(30)21-15(14-28)7-6-12-27(21)13-20(29)25-19(24)11-10-17(23)16-8-4-5-9-18(16)31-3/h4-5,8-11,14H,6-7,12-13,23-24H2,1-3H3,(H,25,29)/b17-10-,19-11+. The Morgan fingerprint density at radius 3 is 2.58 bits per heavy atom. The van der Waals surface area contributed by atoms with E-state index in [1.165, 1.54) is 11.0 Å². The lowest BCUT2D eigenvalue weighted by atomic mass is 10.0. The van der Waals surface area contributed by atoms with Crippen LogP contribution < -0.4 is 21.5 Å². The van der Waals surface area contributed by atoms with Crippen molar-refractivity contribution in [3.05, 3.63) is 59.1 Å². The first-order chi connectivity index (χ1) is 14.8. The summed E-state index contributed by atoms with van der Waals surface area (Å²) in [5.74, 6) is -0.00649. The van der Waals surface area contributed by atoms with Crippen molar-refractivity contribution in [1.82, 2.24) is 15.1 Å². The smallest absolute Gasteiger partial charge is 0.270 e. The van der Waals surface area contributed by atoms with Gasteiger partial charge < -0.3 is 31.3 Å².